The third-order valence-corrected chi connectivity index (χ3v) is 3.80. The number of H-pyrrole nitrogens is 1. The van der Waals surface area contributed by atoms with Crippen molar-refractivity contribution in [3.63, 3.8) is 0 Å². The lowest BCUT2D eigenvalue weighted by Gasteiger charge is -2.07. The Bertz CT molecular complexity index is 931. The molecule has 1 aromatic heterocycles. The largest absolute Gasteiger partial charge is 0.358 e. The number of anilines is 1. The third kappa shape index (κ3) is 2.94. The van der Waals surface area contributed by atoms with Gasteiger partial charge in [0.15, 0.2) is 5.43 Å². The van der Waals surface area contributed by atoms with Crippen molar-refractivity contribution in [3.05, 3.63) is 74.5 Å². The third-order valence-electron chi connectivity index (χ3n) is 3.31. The standard InChI is InChI=1S/C17H13BrN2O2/c1-10-7-16(21)14-8-11(5-6-15(14)19-10)17(22)20-13-4-2-3-12(18)9-13/h2-9H,1H3,(H,19,21)(H,20,22). The maximum Gasteiger partial charge on any atom is 0.255 e. The normalized spacial score (nSPS) is 10.6. The molecule has 3 rings (SSSR count). The predicted molar refractivity (Wildman–Crippen MR) is 91.4 cm³/mol. The molecule has 0 bridgehead atoms. The molecule has 1 heterocycles. The fourth-order valence-electron chi connectivity index (χ4n) is 2.29. The van der Waals surface area contributed by atoms with Crippen molar-refractivity contribution in [3.8, 4) is 0 Å². The van der Waals surface area contributed by atoms with Gasteiger partial charge < -0.3 is 10.3 Å². The lowest BCUT2D eigenvalue weighted by Crippen LogP contribution is -2.13. The molecule has 0 aliphatic carbocycles. The number of carbonyl (C=O) groups is 1. The average molecular weight is 357 g/mol. The van der Waals surface area contributed by atoms with Gasteiger partial charge in [-0.3, -0.25) is 9.59 Å². The predicted octanol–water partition coefficient (Wildman–Crippen LogP) is 3.85. The minimum absolute atomic E-state index is 0.0941. The van der Waals surface area contributed by atoms with Crippen molar-refractivity contribution in [2.45, 2.75) is 6.92 Å². The summed E-state index contributed by atoms with van der Waals surface area (Å²) in [6, 6.07) is 13.9. The number of rotatable bonds is 2. The first-order chi connectivity index (χ1) is 10.5. The smallest absolute Gasteiger partial charge is 0.255 e. The molecule has 3 aromatic rings. The Balaban J connectivity index is 1.96. The molecular weight excluding hydrogens is 344 g/mol. The number of aryl methyl sites for hydroxylation is 1. The van der Waals surface area contributed by atoms with Crippen LogP contribution in [-0.2, 0) is 0 Å². The number of benzene rings is 2. The molecule has 0 aliphatic heterocycles. The van der Waals surface area contributed by atoms with Crippen molar-refractivity contribution in [2.24, 2.45) is 0 Å². The van der Waals surface area contributed by atoms with Crippen LogP contribution in [0.1, 0.15) is 16.1 Å². The van der Waals surface area contributed by atoms with Crippen LogP contribution < -0.4 is 10.7 Å². The first-order valence-corrected chi connectivity index (χ1v) is 7.53. The number of carbonyl (C=O) groups excluding carboxylic acids is 1. The van der Waals surface area contributed by atoms with Gasteiger partial charge >= 0.3 is 0 Å². The molecule has 4 nitrogen and oxygen atoms in total. The molecule has 22 heavy (non-hydrogen) atoms. The molecule has 1 amide bonds. The van der Waals surface area contributed by atoms with Crippen LogP contribution in [0.2, 0.25) is 0 Å². The summed E-state index contributed by atoms with van der Waals surface area (Å²) in [5.41, 5.74) is 2.57. The van der Waals surface area contributed by atoms with E-state index in [4.69, 9.17) is 0 Å². The Hall–Kier alpha value is -2.40. The van der Waals surface area contributed by atoms with Gasteiger partial charge in [-0.1, -0.05) is 22.0 Å². The number of amides is 1. The van der Waals surface area contributed by atoms with Crippen molar-refractivity contribution in [2.75, 3.05) is 5.32 Å². The molecule has 0 radical (unpaired) electrons. The number of nitrogens with one attached hydrogen (secondary N) is 2. The second kappa shape index (κ2) is 5.77. The van der Waals surface area contributed by atoms with E-state index in [1.165, 1.54) is 6.07 Å². The highest BCUT2D eigenvalue weighted by molar-refractivity contribution is 9.10. The molecule has 0 spiro atoms. The molecule has 2 aromatic carbocycles. The summed E-state index contributed by atoms with van der Waals surface area (Å²) >= 11 is 3.36. The van der Waals surface area contributed by atoms with Crippen LogP contribution in [-0.4, -0.2) is 10.9 Å². The van der Waals surface area contributed by atoms with E-state index in [1.54, 1.807) is 24.3 Å². The van der Waals surface area contributed by atoms with Gasteiger partial charge in [-0.25, -0.2) is 0 Å². The zero-order valence-electron chi connectivity index (χ0n) is 11.8. The number of halogens is 1. The van der Waals surface area contributed by atoms with Gasteiger partial charge in [-0.05, 0) is 43.3 Å². The van der Waals surface area contributed by atoms with Crippen molar-refractivity contribution in [1.82, 2.24) is 4.98 Å². The highest BCUT2D eigenvalue weighted by Crippen LogP contribution is 2.17. The van der Waals surface area contributed by atoms with Crippen LogP contribution in [0, 0.1) is 6.92 Å². The van der Waals surface area contributed by atoms with Crippen LogP contribution in [0.5, 0.6) is 0 Å². The van der Waals surface area contributed by atoms with E-state index in [1.807, 2.05) is 25.1 Å². The number of pyridine rings is 1. The molecule has 0 saturated heterocycles. The molecule has 0 saturated carbocycles. The zero-order valence-corrected chi connectivity index (χ0v) is 13.4. The van der Waals surface area contributed by atoms with Crippen molar-refractivity contribution in [1.29, 1.82) is 0 Å². The van der Waals surface area contributed by atoms with Gasteiger partial charge in [0, 0.05) is 38.4 Å². The van der Waals surface area contributed by atoms with Gasteiger partial charge in [0.25, 0.3) is 5.91 Å². The summed E-state index contributed by atoms with van der Waals surface area (Å²) in [7, 11) is 0. The Morgan fingerprint density at radius 1 is 1.14 bits per heavy atom. The van der Waals surface area contributed by atoms with Gasteiger partial charge in [-0.15, -0.1) is 0 Å². The number of fused-ring (bicyclic) bond motifs is 1. The zero-order chi connectivity index (χ0) is 15.7. The Morgan fingerprint density at radius 2 is 1.95 bits per heavy atom. The van der Waals surface area contributed by atoms with E-state index in [0.717, 1.165) is 15.7 Å². The van der Waals surface area contributed by atoms with E-state index in [9.17, 15) is 9.59 Å². The van der Waals surface area contributed by atoms with E-state index in [2.05, 4.69) is 26.2 Å². The minimum Gasteiger partial charge on any atom is -0.358 e. The maximum atomic E-state index is 12.3. The van der Waals surface area contributed by atoms with Crippen LogP contribution in [0.4, 0.5) is 5.69 Å². The van der Waals surface area contributed by atoms with Crippen LogP contribution >= 0.6 is 15.9 Å². The summed E-state index contributed by atoms with van der Waals surface area (Å²) in [6.07, 6.45) is 0. The molecule has 0 atom stereocenters. The topological polar surface area (TPSA) is 62.0 Å². The summed E-state index contributed by atoms with van der Waals surface area (Å²) in [5, 5.41) is 3.32. The van der Waals surface area contributed by atoms with Gasteiger partial charge in [0.05, 0.1) is 0 Å². The SMILES string of the molecule is Cc1cc(=O)c2cc(C(=O)Nc3cccc(Br)c3)ccc2[nH]1. The lowest BCUT2D eigenvalue weighted by molar-refractivity contribution is 0.102. The molecular formula is C17H13BrN2O2. The summed E-state index contributed by atoms with van der Waals surface area (Å²) in [5.74, 6) is -0.250. The van der Waals surface area contributed by atoms with Crippen molar-refractivity contribution < 1.29 is 4.79 Å². The van der Waals surface area contributed by atoms with E-state index in [-0.39, 0.29) is 11.3 Å². The van der Waals surface area contributed by atoms with Gasteiger partial charge in [-0.2, -0.15) is 0 Å². The Labute approximate surface area is 135 Å². The quantitative estimate of drug-likeness (QED) is 0.732. The first-order valence-electron chi connectivity index (χ1n) is 6.73. The Kier molecular flexibility index (Phi) is 3.81. The second-order valence-electron chi connectivity index (χ2n) is 5.04. The number of hydrogen-bond acceptors (Lipinski definition) is 2. The highest BCUT2D eigenvalue weighted by atomic mass is 79.9. The van der Waals surface area contributed by atoms with Gasteiger partial charge in [0.1, 0.15) is 0 Å². The van der Waals surface area contributed by atoms with E-state index >= 15 is 0 Å². The molecule has 0 fully saturated rings. The van der Waals surface area contributed by atoms with E-state index < -0.39 is 0 Å². The molecule has 5 heteroatoms. The number of hydrogen-bond donors (Lipinski definition) is 2. The van der Waals surface area contributed by atoms with Crippen LogP contribution in [0.3, 0.4) is 0 Å². The summed E-state index contributed by atoms with van der Waals surface area (Å²) in [6.45, 7) is 1.83. The fraction of sp³-hybridized carbons (Fsp3) is 0.0588. The monoisotopic (exact) mass is 356 g/mol. The summed E-state index contributed by atoms with van der Waals surface area (Å²) in [4.78, 5) is 27.4. The molecule has 110 valence electrons. The second-order valence-corrected chi connectivity index (χ2v) is 5.96. The number of aromatic nitrogens is 1. The van der Waals surface area contributed by atoms with Crippen molar-refractivity contribution >= 4 is 38.4 Å². The molecule has 2 N–H and O–H groups in total. The van der Waals surface area contributed by atoms with E-state index in [0.29, 0.717) is 16.6 Å². The minimum atomic E-state index is -0.250. The average Bonchev–Trinajstić information content (AvgIpc) is 2.46. The highest BCUT2D eigenvalue weighted by Gasteiger charge is 2.09. The van der Waals surface area contributed by atoms with Gasteiger partial charge in [0.2, 0.25) is 0 Å². The Morgan fingerprint density at radius 3 is 2.73 bits per heavy atom. The van der Waals surface area contributed by atoms with Crippen LogP contribution in [0.15, 0.2) is 57.8 Å². The maximum absolute atomic E-state index is 12.3. The number of aromatic amines is 1. The molecule has 0 unspecified atom stereocenters. The summed E-state index contributed by atoms with van der Waals surface area (Å²) < 4.78 is 0.885. The van der Waals surface area contributed by atoms with Crippen LogP contribution in [0.25, 0.3) is 10.9 Å². The first kappa shape index (κ1) is 14.5. The molecule has 0 aliphatic rings. The lowest BCUT2D eigenvalue weighted by atomic mass is 10.1. The fourth-order valence-corrected chi connectivity index (χ4v) is 2.69.